The Kier molecular flexibility index (Phi) is 5.88. The van der Waals surface area contributed by atoms with E-state index in [4.69, 9.17) is 4.74 Å². The number of amides is 1. The summed E-state index contributed by atoms with van der Waals surface area (Å²) in [6, 6.07) is 13.7. The number of halogens is 1. The quantitative estimate of drug-likeness (QED) is 0.747. The molecule has 3 aromatic rings. The highest BCUT2D eigenvalue weighted by Crippen LogP contribution is 2.29. The molecule has 4 rings (SSSR count). The molecule has 1 fully saturated rings. The van der Waals surface area contributed by atoms with Gasteiger partial charge in [-0.2, -0.15) is 0 Å². The number of para-hydroxylation sites is 1. The van der Waals surface area contributed by atoms with Crippen molar-refractivity contribution in [2.24, 2.45) is 0 Å². The minimum Gasteiger partial charge on any atom is -0.378 e. The monoisotopic (exact) mass is 384 g/mol. The SMILES string of the molecule is Cc1ccc2c(Nc3ccccc3)c(C(=O)N3CCOCC3)cnc2n1.Cl. The highest BCUT2D eigenvalue weighted by atomic mass is 35.5. The van der Waals surface area contributed by atoms with Crippen LogP contribution in [0.2, 0.25) is 0 Å². The second-order valence-corrected chi connectivity index (χ2v) is 6.27. The lowest BCUT2D eigenvalue weighted by atomic mass is 10.1. The molecule has 1 aromatic carbocycles. The van der Waals surface area contributed by atoms with E-state index in [9.17, 15) is 4.79 Å². The van der Waals surface area contributed by atoms with E-state index in [1.165, 1.54) is 0 Å². The minimum absolute atomic E-state index is 0. The Morgan fingerprint density at radius 3 is 2.59 bits per heavy atom. The Labute approximate surface area is 164 Å². The van der Waals surface area contributed by atoms with Crippen molar-refractivity contribution in [2.75, 3.05) is 31.6 Å². The van der Waals surface area contributed by atoms with E-state index in [1.54, 1.807) is 6.20 Å². The highest BCUT2D eigenvalue weighted by Gasteiger charge is 2.23. The summed E-state index contributed by atoms with van der Waals surface area (Å²) < 4.78 is 5.36. The van der Waals surface area contributed by atoms with Gasteiger partial charge in [0.25, 0.3) is 5.91 Å². The molecule has 140 valence electrons. The zero-order chi connectivity index (χ0) is 17.9. The number of morpholine rings is 1. The summed E-state index contributed by atoms with van der Waals surface area (Å²) in [5.74, 6) is -0.0401. The Balaban J connectivity index is 0.00000210. The molecule has 1 aliphatic rings. The van der Waals surface area contributed by atoms with Crippen LogP contribution in [0.3, 0.4) is 0 Å². The van der Waals surface area contributed by atoms with E-state index in [0.29, 0.717) is 37.5 Å². The molecule has 6 nitrogen and oxygen atoms in total. The topological polar surface area (TPSA) is 67.4 Å². The Morgan fingerprint density at radius 1 is 1.11 bits per heavy atom. The Hall–Kier alpha value is -2.70. The summed E-state index contributed by atoms with van der Waals surface area (Å²) in [5, 5.41) is 4.23. The van der Waals surface area contributed by atoms with Crippen LogP contribution in [-0.2, 0) is 4.74 Å². The van der Waals surface area contributed by atoms with E-state index in [2.05, 4.69) is 15.3 Å². The molecule has 0 bridgehead atoms. The van der Waals surface area contributed by atoms with Crippen LogP contribution in [0.1, 0.15) is 16.1 Å². The molecule has 0 atom stereocenters. The van der Waals surface area contributed by atoms with Gasteiger partial charge in [-0.3, -0.25) is 4.79 Å². The van der Waals surface area contributed by atoms with Crippen molar-refractivity contribution in [1.82, 2.24) is 14.9 Å². The van der Waals surface area contributed by atoms with Crippen molar-refractivity contribution in [3.63, 3.8) is 0 Å². The first-order valence-electron chi connectivity index (χ1n) is 8.68. The number of benzene rings is 1. The summed E-state index contributed by atoms with van der Waals surface area (Å²) in [4.78, 5) is 23.8. The second-order valence-electron chi connectivity index (χ2n) is 6.27. The molecule has 1 saturated heterocycles. The summed E-state index contributed by atoms with van der Waals surface area (Å²) in [6.07, 6.45) is 1.62. The third kappa shape index (κ3) is 4.02. The first-order valence-corrected chi connectivity index (χ1v) is 8.68. The minimum atomic E-state index is -0.0401. The van der Waals surface area contributed by atoms with Crippen LogP contribution in [0.5, 0.6) is 0 Å². The first-order chi connectivity index (χ1) is 12.7. The molecule has 1 N–H and O–H groups in total. The molecule has 3 heterocycles. The number of nitrogens with one attached hydrogen (secondary N) is 1. The van der Waals surface area contributed by atoms with Crippen molar-refractivity contribution in [1.29, 1.82) is 0 Å². The zero-order valence-corrected chi connectivity index (χ0v) is 15.8. The number of aromatic nitrogens is 2. The van der Waals surface area contributed by atoms with Crippen LogP contribution in [0.25, 0.3) is 11.0 Å². The number of carbonyl (C=O) groups excluding carboxylic acids is 1. The number of hydrogen-bond donors (Lipinski definition) is 1. The molecule has 1 aliphatic heterocycles. The van der Waals surface area contributed by atoms with Crippen molar-refractivity contribution < 1.29 is 9.53 Å². The molecule has 7 heteroatoms. The van der Waals surface area contributed by atoms with E-state index in [0.717, 1.165) is 22.5 Å². The van der Waals surface area contributed by atoms with Gasteiger partial charge >= 0.3 is 0 Å². The lowest BCUT2D eigenvalue weighted by Crippen LogP contribution is -2.41. The molecule has 1 amide bonds. The van der Waals surface area contributed by atoms with Gasteiger partial charge in [-0.1, -0.05) is 18.2 Å². The average Bonchev–Trinajstić information content (AvgIpc) is 2.69. The smallest absolute Gasteiger partial charge is 0.257 e. The van der Waals surface area contributed by atoms with Gasteiger partial charge in [0.05, 0.1) is 24.5 Å². The fraction of sp³-hybridized carbons (Fsp3) is 0.250. The number of pyridine rings is 2. The number of anilines is 2. The van der Waals surface area contributed by atoms with Gasteiger partial charge in [0.1, 0.15) is 0 Å². The number of nitrogens with zero attached hydrogens (tertiary/aromatic N) is 3. The molecule has 0 spiro atoms. The standard InChI is InChI=1S/C20H20N4O2.ClH/c1-14-7-8-16-18(23-15-5-3-2-4-6-15)17(13-21-19(16)22-14)20(25)24-9-11-26-12-10-24;/h2-8,13H,9-12H2,1H3,(H,21,22,23);1H. The number of carbonyl (C=O) groups is 1. The third-order valence-corrected chi connectivity index (χ3v) is 4.44. The molecule has 0 radical (unpaired) electrons. The Bertz CT molecular complexity index is 943. The predicted octanol–water partition coefficient (Wildman–Crippen LogP) is 3.58. The van der Waals surface area contributed by atoms with Crippen LogP contribution >= 0.6 is 12.4 Å². The van der Waals surface area contributed by atoms with Crippen molar-refractivity contribution in [3.05, 3.63) is 59.9 Å². The van der Waals surface area contributed by atoms with Gasteiger partial charge in [-0.05, 0) is 31.2 Å². The van der Waals surface area contributed by atoms with E-state index < -0.39 is 0 Å². The number of fused-ring (bicyclic) bond motifs is 1. The van der Waals surface area contributed by atoms with Crippen molar-refractivity contribution in [3.8, 4) is 0 Å². The summed E-state index contributed by atoms with van der Waals surface area (Å²) in [6.45, 7) is 4.24. The summed E-state index contributed by atoms with van der Waals surface area (Å²) in [7, 11) is 0. The number of rotatable bonds is 3. The van der Waals surface area contributed by atoms with Crippen molar-refractivity contribution in [2.45, 2.75) is 6.92 Å². The summed E-state index contributed by atoms with van der Waals surface area (Å²) >= 11 is 0. The van der Waals surface area contributed by atoms with Gasteiger partial charge in [-0.15, -0.1) is 12.4 Å². The highest BCUT2D eigenvalue weighted by molar-refractivity contribution is 6.07. The first kappa shape index (κ1) is 19.1. The largest absolute Gasteiger partial charge is 0.378 e. The van der Waals surface area contributed by atoms with Crippen LogP contribution in [-0.4, -0.2) is 47.1 Å². The maximum atomic E-state index is 13.1. The third-order valence-electron chi connectivity index (χ3n) is 4.44. The lowest BCUT2D eigenvalue weighted by Gasteiger charge is -2.27. The number of aryl methyl sites for hydroxylation is 1. The van der Waals surface area contributed by atoms with Gasteiger partial charge < -0.3 is 15.0 Å². The lowest BCUT2D eigenvalue weighted by molar-refractivity contribution is 0.0303. The fourth-order valence-corrected chi connectivity index (χ4v) is 3.07. The molecule has 0 unspecified atom stereocenters. The molecule has 27 heavy (non-hydrogen) atoms. The fourth-order valence-electron chi connectivity index (χ4n) is 3.07. The maximum Gasteiger partial charge on any atom is 0.257 e. The summed E-state index contributed by atoms with van der Waals surface area (Å²) in [5.41, 5.74) is 3.72. The van der Waals surface area contributed by atoms with Gasteiger partial charge in [-0.25, -0.2) is 9.97 Å². The van der Waals surface area contributed by atoms with Gasteiger partial charge in [0.2, 0.25) is 0 Å². The number of ether oxygens (including phenoxy) is 1. The second kappa shape index (κ2) is 8.33. The average molecular weight is 385 g/mol. The normalized spacial score (nSPS) is 13.9. The zero-order valence-electron chi connectivity index (χ0n) is 15.0. The molecular formula is C20H21ClN4O2. The Morgan fingerprint density at radius 2 is 1.85 bits per heavy atom. The molecular weight excluding hydrogens is 364 g/mol. The van der Waals surface area contributed by atoms with Crippen molar-refractivity contribution >= 4 is 40.7 Å². The van der Waals surface area contributed by atoms with E-state index in [-0.39, 0.29) is 18.3 Å². The molecule has 0 aliphatic carbocycles. The molecule has 2 aromatic heterocycles. The van der Waals surface area contributed by atoms with Gasteiger partial charge in [0.15, 0.2) is 5.65 Å². The number of hydrogen-bond acceptors (Lipinski definition) is 5. The van der Waals surface area contributed by atoms with E-state index in [1.807, 2.05) is 54.3 Å². The van der Waals surface area contributed by atoms with E-state index >= 15 is 0 Å². The van der Waals surface area contributed by atoms with Gasteiger partial charge in [0, 0.05) is 36.1 Å². The van der Waals surface area contributed by atoms with Crippen LogP contribution in [0.15, 0.2) is 48.7 Å². The molecule has 0 saturated carbocycles. The maximum absolute atomic E-state index is 13.1. The predicted molar refractivity (Wildman–Crippen MR) is 108 cm³/mol. The van der Waals surface area contributed by atoms with Crippen LogP contribution in [0, 0.1) is 6.92 Å². The van der Waals surface area contributed by atoms with Crippen LogP contribution in [0.4, 0.5) is 11.4 Å². The van der Waals surface area contributed by atoms with Crippen LogP contribution < -0.4 is 5.32 Å².